The van der Waals surface area contributed by atoms with Gasteiger partial charge in [0, 0.05) is 17.3 Å². The first kappa shape index (κ1) is 28.9. The summed E-state index contributed by atoms with van der Waals surface area (Å²) in [6.07, 6.45) is 6.03. The maximum absolute atomic E-state index is 8.44. The zero-order valence-corrected chi connectivity index (χ0v) is 22.1. The first-order chi connectivity index (χ1) is 17.2. The van der Waals surface area contributed by atoms with Crippen LogP contribution >= 0.6 is 23.2 Å². The van der Waals surface area contributed by atoms with Gasteiger partial charge in [-0.05, 0) is 62.9 Å². The van der Waals surface area contributed by atoms with E-state index in [-0.39, 0.29) is 0 Å². The van der Waals surface area contributed by atoms with Crippen molar-refractivity contribution in [1.29, 1.82) is 0 Å². The highest BCUT2D eigenvalue weighted by molar-refractivity contribution is 7.59. The number of rotatable bonds is 6. The molecule has 0 aliphatic heterocycles. The van der Waals surface area contributed by atoms with Crippen LogP contribution in [0.15, 0.2) is 79.3 Å². The van der Waals surface area contributed by atoms with Crippen molar-refractivity contribution in [3.63, 3.8) is 0 Å². The lowest BCUT2D eigenvalue weighted by molar-refractivity contribution is 0.462. The maximum Gasteiger partial charge on any atom is 0.425 e. The van der Waals surface area contributed by atoms with Gasteiger partial charge in [0.2, 0.25) is 5.88 Å². The Hall–Kier alpha value is -3.33. The number of nitrogens with zero attached hydrogens (tertiary/aromatic N) is 3. The van der Waals surface area contributed by atoms with E-state index in [0.717, 1.165) is 36.2 Å². The van der Waals surface area contributed by atoms with Crippen LogP contribution in [0.1, 0.15) is 28.9 Å². The minimum atomic E-state index is -3.11. The molecule has 0 unspecified atom stereocenters. The van der Waals surface area contributed by atoms with Gasteiger partial charge in [-0.2, -0.15) is 0 Å². The molecule has 0 aliphatic carbocycles. The van der Waals surface area contributed by atoms with Gasteiger partial charge in [-0.3, -0.25) is 0 Å². The Morgan fingerprint density at radius 3 is 2.03 bits per heavy atom. The van der Waals surface area contributed by atoms with E-state index < -0.39 is 10.6 Å². The van der Waals surface area contributed by atoms with Crippen LogP contribution in [0.25, 0.3) is 0 Å². The van der Waals surface area contributed by atoms with E-state index in [4.69, 9.17) is 40.6 Å². The topological polar surface area (TPSA) is 99.1 Å². The molecule has 2 aromatic carbocycles. The number of hydrogen-bond donors (Lipinski definition) is 0. The summed E-state index contributed by atoms with van der Waals surface area (Å²) in [4.78, 5) is 12.7. The van der Waals surface area contributed by atoms with Crippen LogP contribution < -0.4 is 4.74 Å². The van der Waals surface area contributed by atoms with Crippen molar-refractivity contribution in [1.82, 2.24) is 15.0 Å². The molecule has 2 heterocycles. The highest BCUT2D eigenvalue weighted by atomic mass is 35.5. The molecule has 188 valence electrons. The lowest BCUT2D eigenvalue weighted by atomic mass is 10.1. The van der Waals surface area contributed by atoms with Crippen molar-refractivity contribution in [2.45, 2.75) is 33.1 Å². The molecule has 0 spiro atoms. The molecule has 2 aromatic heterocycles. The molecule has 0 saturated carbocycles. The Balaban J connectivity index is 0.000000344. The minimum absolute atomic E-state index is 0.556. The Labute approximate surface area is 222 Å². The van der Waals surface area contributed by atoms with Crippen molar-refractivity contribution in [3.05, 3.63) is 112 Å². The smallest absolute Gasteiger partial charge is 0.425 e. The molecule has 36 heavy (non-hydrogen) atoms. The van der Waals surface area contributed by atoms with E-state index in [1.165, 1.54) is 5.56 Å². The molecule has 10 heteroatoms. The van der Waals surface area contributed by atoms with Crippen LogP contribution in [0.2, 0.25) is 10.0 Å². The molecule has 4 aromatic rings. The summed E-state index contributed by atoms with van der Waals surface area (Å²) in [7, 11) is -3.11. The second-order valence-electron chi connectivity index (χ2n) is 7.49. The average Bonchev–Trinajstić information content (AvgIpc) is 2.85. The van der Waals surface area contributed by atoms with Gasteiger partial charge < -0.3 is 4.74 Å². The summed E-state index contributed by atoms with van der Waals surface area (Å²) in [5, 5.41) is 1.34. The zero-order chi connectivity index (χ0) is 26.3. The predicted octanol–water partition coefficient (Wildman–Crippen LogP) is 6.45. The van der Waals surface area contributed by atoms with E-state index in [1.54, 1.807) is 18.5 Å². The van der Waals surface area contributed by atoms with E-state index in [0.29, 0.717) is 21.7 Å². The van der Waals surface area contributed by atoms with Gasteiger partial charge in [0.25, 0.3) is 0 Å². The van der Waals surface area contributed by atoms with Gasteiger partial charge >= 0.3 is 10.6 Å². The van der Waals surface area contributed by atoms with Crippen molar-refractivity contribution in [2.24, 2.45) is 0 Å². The molecule has 0 bridgehead atoms. The number of pyridine rings is 1. The van der Waals surface area contributed by atoms with Crippen LogP contribution in [0.3, 0.4) is 0 Å². The normalized spacial score (nSPS) is 9.78. The number of ether oxygens (including phenoxy) is 1. The number of aromatic nitrogens is 3. The highest BCUT2D eigenvalue weighted by Crippen LogP contribution is 2.22. The Morgan fingerprint density at radius 2 is 1.47 bits per heavy atom. The van der Waals surface area contributed by atoms with Gasteiger partial charge in [-0.1, -0.05) is 65.2 Å². The summed E-state index contributed by atoms with van der Waals surface area (Å²) in [6.45, 7) is 3.97. The third kappa shape index (κ3) is 11.4. The van der Waals surface area contributed by atoms with Crippen molar-refractivity contribution >= 4 is 33.8 Å². The standard InChI is InChI=1S/C19H17Cl2N3O.C7H8.O3S/c1-13-19(21)17(24-12-23-13)4-2-3-14-5-10-18(22-11-14)25-16-8-6-15(20)7-9-16;1-7-5-3-2-4-6-7;1-4(2)3/h5-12H,2-4H2,1H3;2-6H,1H3;. The average molecular weight is 546 g/mol. The SMILES string of the molecule is Cc1ccccc1.Cc1ncnc(CCCc2ccc(Oc3ccc(Cl)cc3)nc2)c1Cl.O=S(=O)=O. The van der Waals surface area contributed by atoms with Crippen LogP contribution in [0.4, 0.5) is 0 Å². The highest BCUT2D eigenvalue weighted by Gasteiger charge is 2.06. The Kier molecular flexibility index (Phi) is 12.5. The van der Waals surface area contributed by atoms with E-state index in [9.17, 15) is 0 Å². The van der Waals surface area contributed by atoms with E-state index >= 15 is 0 Å². The van der Waals surface area contributed by atoms with Crippen LogP contribution in [0, 0.1) is 13.8 Å². The molecule has 0 saturated heterocycles. The number of aryl methyl sites for hydroxylation is 4. The predicted molar refractivity (Wildman–Crippen MR) is 140 cm³/mol. The van der Waals surface area contributed by atoms with Crippen LogP contribution in [-0.2, 0) is 23.5 Å². The third-order valence-corrected chi connectivity index (χ3v) is 5.43. The second-order valence-corrected chi connectivity index (χ2v) is 8.72. The van der Waals surface area contributed by atoms with Crippen molar-refractivity contribution in [3.8, 4) is 11.6 Å². The maximum atomic E-state index is 8.44. The summed E-state index contributed by atoms with van der Waals surface area (Å²) in [5.41, 5.74) is 4.18. The summed E-state index contributed by atoms with van der Waals surface area (Å²) < 4.78 is 31.0. The summed E-state index contributed by atoms with van der Waals surface area (Å²) >= 11 is 12.1. The molecule has 4 rings (SSSR count). The second kappa shape index (κ2) is 15.6. The number of benzene rings is 2. The lowest BCUT2D eigenvalue weighted by Crippen LogP contribution is -1.98. The van der Waals surface area contributed by atoms with Gasteiger partial charge in [-0.25, -0.2) is 15.0 Å². The van der Waals surface area contributed by atoms with Crippen molar-refractivity contribution in [2.75, 3.05) is 0 Å². The van der Waals surface area contributed by atoms with Crippen LogP contribution in [0.5, 0.6) is 11.6 Å². The Bertz CT molecular complexity index is 1310. The summed E-state index contributed by atoms with van der Waals surface area (Å²) in [5.74, 6) is 1.26. The fourth-order valence-corrected chi connectivity index (χ4v) is 3.24. The fourth-order valence-electron chi connectivity index (χ4n) is 2.92. The first-order valence-electron chi connectivity index (χ1n) is 10.9. The molecule has 0 atom stereocenters. The molecule has 0 aliphatic rings. The largest absolute Gasteiger partial charge is 0.439 e. The monoisotopic (exact) mass is 545 g/mol. The molecule has 0 radical (unpaired) electrons. The number of halogens is 2. The Morgan fingerprint density at radius 1 is 0.806 bits per heavy atom. The van der Waals surface area contributed by atoms with E-state index in [2.05, 4.69) is 34.0 Å². The van der Waals surface area contributed by atoms with Gasteiger partial charge in [0.1, 0.15) is 12.1 Å². The van der Waals surface area contributed by atoms with Crippen molar-refractivity contribution < 1.29 is 17.4 Å². The lowest BCUT2D eigenvalue weighted by Gasteiger charge is -2.07. The summed E-state index contributed by atoms with van der Waals surface area (Å²) in [6, 6.07) is 21.3. The van der Waals surface area contributed by atoms with Gasteiger partial charge in [0.05, 0.1) is 16.4 Å². The molecule has 0 N–H and O–H groups in total. The zero-order valence-electron chi connectivity index (χ0n) is 19.8. The number of hydrogen-bond acceptors (Lipinski definition) is 7. The first-order valence-corrected chi connectivity index (χ1v) is 12.6. The molecular weight excluding hydrogens is 521 g/mol. The fraction of sp³-hybridized carbons (Fsp3) is 0.192. The quantitative estimate of drug-likeness (QED) is 0.274. The minimum Gasteiger partial charge on any atom is -0.439 e. The molecule has 7 nitrogen and oxygen atoms in total. The molecule has 0 fully saturated rings. The van der Waals surface area contributed by atoms with Gasteiger partial charge in [0.15, 0.2) is 0 Å². The molecular formula is C26H25Cl2N3O4S. The van der Waals surface area contributed by atoms with Gasteiger partial charge in [-0.15, -0.1) is 12.6 Å². The molecule has 0 amide bonds. The van der Waals surface area contributed by atoms with Crippen LogP contribution in [-0.4, -0.2) is 27.6 Å². The third-order valence-electron chi connectivity index (χ3n) is 4.69. The van der Waals surface area contributed by atoms with E-state index in [1.807, 2.05) is 55.6 Å².